The number of rotatable bonds is 3. The zero-order valence-corrected chi connectivity index (χ0v) is 8.43. The molecule has 1 atom stereocenters. The Labute approximate surface area is 91.8 Å². The number of hydrogen-bond acceptors (Lipinski definition) is 3. The van der Waals surface area contributed by atoms with E-state index in [4.69, 9.17) is 9.52 Å². The summed E-state index contributed by atoms with van der Waals surface area (Å²) in [5.41, 5.74) is 0.720. The Balaban J connectivity index is 2.28. The molecule has 4 heteroatoms. The standard InChI is InChI=1S/C12H11FO3/c13-9-3-1-8(2-4-9)11-5-6-12(16-11)10(15)7-14/h1-6,10,14-15H,7H2. The zero-order chi connectivity index (χ0) is 11.5. The predicted octanol–water partition coefficient (Wildman–Crippen LogP) is 2.11. The quantitative estimate of drug-likeness (QED) is 0.836. The zero-order valence-electron chi connectivity index (χ0n) is 8.43. The monoisotopic (exact) mass is 222 g/mol. The first-order valence-corrected chi connectivity index (χ1v) is 4.85. The van der Waals surface area contributed by atoms with Gasteiger partial charge in [0, 0.05) is 5.56 Å². The molecule has 0 aliphatic rings. The fourth-order valence-corrected chi connectivity index (χ4v) is 1.39. The summed E-state index contributed by atoms with van der Waals surface area (Å²) in [5.74, 6) is 0.509. The summed E-state index contributed by atoms with van der Waals surface area (Å²) in [5, 5.41) is 18.1. The van der Waals surface area contributed by atoms with Gasteiger partial charge in [-0.25, -0.2) is 4.39 Å². The van der Waals surface area contributed by atoms with Crippen LogP contribution in [0.4, 0.5) is 4.39 Å². The van der Waals surface area contributed by atoms with Crippen molar-refractivity contribution in [3.05, 3.63) is 48.0 Å². The predicted molar refractivity (Wildman–Crippen MR) is 56.1 cm³/mol. The van der Waals surface area contributed by atoms with Gasteiger partial charge in [-0.3, -0.25) is 0 Å². The van der Waals surface area contributed by atoms with Crippen molar-refractivity contribution < 1.29 is 19.0 Å². The molecule has 0 fully saturated rings. The van der Waals surface area contributed by atoms with Crippen molar-refractivity contribution in [3.8, 4) is 11.3 Å². The molecule has 0 bridgehead atoms. The molecule has 0 aliphatic carbocycles. The van der Waals surface area contributed by atoms with E-state index >= 15 is 0 Å². The number of benzene rings is 1. The Morgan fingerprint density at radius 3 is 2.44 bits per heavy atom. The lowest BCUT2D eigenvalue weighted by Gasteiger charge is -2.02. The summed E-state index contributed by atoms with van der Waals surface area (Å²) in [6.45, 7) is -0.392. The van der Waals surface area contributed by atoms with Crippen molar-refractivity contribution in [2.45, 2.75) is 6.10 Å². The molecule has 0 saturated heterocycles. The Morgan fingerprint density at radius 1 is 1.12 bits per heavy atom. The molecule has 84 valence electrons. The third-order valence-corrected chi connectivity index (χ3v) is 2.26. The number of halogens is 1. The van der Waals surface area contributed by atoms with Gasteiger partial charge in [-0.05, 0) is 36.4 Å². The van der Waals surface area contributed by atoms with E-state index in [9.17, 15) is 9.50 Å². The van der Waals surface area contributed by atoms with Crippen molar-refractivity contribution in [1.82, 2.24) is 0 Å². The van der Waals surface area contributed by atoms with Crippen LogP contribution in [0, 0.1) is 5.82 Å². The molecule has 0 radical (unpaired) electrons. The van der Waals surface area contributed by atoms with Crippen molar-refractivity contribution in [2.24, 2.45) is 0 Å². The average molecular weight is 222 g/mol. The first-order valence-electron chi connectivity index (χ1n) is 4.85. The minimum atomic E-state index is -1.02. The molecule has 1 unspecified atom stereocenters. The summed E-state index contributed by atoms with van der Waals surface area (Å²) in [7, 11) is 0. The van der Waals surface area contributed by atoms with Crippen LogP contribution < -0.4 is 0 Å². The minimum absolute atomic E-state index is 0.293. The second-order valence-electron chi connectivity index (χ2n) is 3.41. The van der Waals surface area contributed by atoms with Crippen LogP contribution in [0.3, 0.4) is 0 Å². The highest BCUT2D eigenvalue weighted by molar-refractivity contribution is 5.57. The van der Waals surface area contributed by atoms with Gasteiger partial charge in [0.25, 0.3) is 0 Å². The van der Waals surface area contributed by atoms with Gasteiger partial charge in [-0.2, -0.15) is 0 Å². The van der Waals surface area contributed by atoms with E-state index in [1.807, 2.05) is 0 Å². The van der Waals surface area contributed by atoms with Gasteiger partial charge >= 0.3 is 0 Å². The topological polar surface area (TPSA) is 53.6 Å². The molecule has 0 saturated carbocycles. The number of hydrogen-bond donors (Lipinski definition) is 2. The molecule has 16 heavy (non-hydrogen) atoms. The molecule has 1 aromatic heterocycles. The third kappa shape index (κ3) is 2.13. The van der Waals surface area contributed by atoms with Crippen LogP contribution in [-0.2, 0) is 0 Å². The summed E-state index contributed by atoms with van der Waals surface area (Å²) in [6, 6.07) is 9.09. The summed E-state index contributed by atoms with van der Waals surface area (Å²) in [6.07, 6.45) is -1.02. The van der Waals surface area contributed by atoms with Gasteiger partial charge in [0.2, 0.25) is 0 Å². The number of aliphatic hydroxyl groups is 2. The first-order chi connectivity index (χ1) is 7.70. The third-order valence-electron chi connectivity index (χ3n) is 2.26. The van der Waals surface area contributed by atoms with Crippen LogP contribution in [0.2, 0.25) is 0 Å². The lowest BCUT2D eigenvalue weighted by Crippen LogP contribution is -1.99. The average Bonchev–Trinajstić information content (AvgIpc) is 2.78. The van der Waals surface area contributed by atoms with Crippen molar-refractivity contribution in [3.63, 3.8) is 0 Å². The summed E-state index contributed by atoms with van der Waals surface area (Å²) in [4.78, 5) is 0. The maximum Gasteiger partial charge on any atom is 0.135 e. The molecule has 0 amide bonds. The highest BCUT2D eigenvalue weighted by Gasteiger charge is 2.11. The molecule has 2 aromatic rings. The van der Waals surface area contributed by atoms with Crippen LogP contribution in [0.25, 0.3) is 11.3 Å². The Bertz CT molecular complexity index is 461. The lowest BCUT2D eigenvalue weighted by atomic mass is 10.2. The Morgan fingerprint density at radius 2 is 1.81 bits per heavy atom. The van der Waals surface area contributed by atoms with E-state index in [1.165, 1.54) is 12.1 Å². The van der Waals surface area contributed by atoms with Crippen molar-refractivity contribution >= 4 is 0 Å². The van der Waals surface area contributed by atoms with E-state index in [-0.39, 0.29) is 5.82 Å². The van der Waals surface area contributed by atoms with E-state index in [0.717, 1.165) is 5.56 Å². The van der Waals surface area contributed by atoms with Crippen LogP contribution in [0.1, 0.15) is 11.9 Å². The molecule has 2 N–H and O–H groups in total. The van der Waals surface area contributed by atoms with E-state index in [2.05, 4.69) is 0 Å². The second kappa shape index (κ2) is 4.47. The van der Waals surface area contributed by atoms with Crippen LogP contribution in [-0.4, -0.2) is 16.8 Å². The van der Waals surface area contributed by atoms with Gasteiger partial charge in [-0.15, -0.1) is 0 Å². The van der Waals surface area contributed by atoms with Crippen molar-refractivity contribution in [1.29, 1.82) is 0 Å². The molecule has 3 nitrogen and oxygen atoms in total. The molecule has 2 rings (SSSR count). The summed E-state index contributed by atoms with van der Waals surface area (Å²) < 4.78 is 18.0. The van der Waals surface area contributed by atoms with Crippen LogP contribution in [0.15, 0.2) is 40.8 Å². The molecule has 0 spiro atoms. The molecule has 1 aromatic carbocycles. The second-order valence-corrected chi connectivity index (χ2v) is 3.41. The Hall–Kier alpha value is -1.65. The molecular weight excluding hydrogens is 211 g/mol. The first kappa shape index (κ1) is 10.9. The normalized spacial score (nSPS) is 12.7. The van der Waals surface area contributed by atoms with Crippen LogP contribution >= 0.6 is 0 Å². The number of furan rings is 1. The minimum Gasteiger partial charge on any atom is -0.458 e. The summed E-state index contributed by atoms with van der Waals surface area (Å²) >= 11 is 0. The smallest absolute Gasteiger partial charge is 0.135 e. The number of aliphatic hydroxyl groups excluding tert-OH is 2. The van der Waals surface area contributed by atoms with Crippen LogP contribution in [0.5, 0.6) is 0 Å². The van der Waals surface area contributed by atoms with E-state index < -0.39 is 12.7 Å². The van der Waals surface area contributed by atoms with Gasteiger partial charge in [-0.1, -0.05) is 0 Å². The fourth-order valence-electron chi connectivity index (χ4n) is 1.39. The van der Waals surface area contributed by atoms with Crippen molar-refractivity contribution in [2.75, 3.05) is 6.61 Å². The van der Waals surface area contributed by atoms with Gasteiger partial charge in [0.1, 0.15) is 23.4 Å². The van der Waals surface area contributed by atoms with Gasteiger partial charge in [0.05, 0.1) is 6.61 Å². The lowest BCUT2D eigenvalue weighted by molar-refractivity contribution is 0.0781. The molecule has 1 heterocycles. The molecular formula is C12H11FO3. The van der Waals surface area contributed by atoms with Gasteiger partial charge < -0.3 is 14.6 Å². The highest BCUT2D eigenvalue weighted by atomic mass is 19.1. The van der Waals surface area contributed by atoms with E-state index in [0.29, 0.717) is 11.5 Å². The fraction of sp³-hybridized carbons (Fsp3) is 0.167. The largest absolute Gasteiger partial charge is 0.458 e. The highest BCUT2D eigenvalue weighted by Crippen LogP contribution is 2.25. The molecule has 0 aliphatic heterocycles. The Kier molecular flexibility index (Phi) is 3.03. The van der Waals surface area contributed by atoms with Gasteiger partial charge in [0.15, 0.2) is 0 Å². The maximum absolute atomic E-state index is 12.7. The van der Waals surface area contributed by atoms with E-state index in [1.54, 1.807) is 24.3 Å². The SMILES string of the molecule is OCC(O)c1ccc(-c2ccc(F)cc2)o1. The maximum atomic E-state index is 12.7.